The van der Waals surface area contributed by atoms with Gasteiger partial charge >= 0.3 is 0 Å². The first-order valence-electron chi connectivity index (χ1n) is 11.9. The zero-order valence-corrected chi connectivity index (χ0v) is 22.1. The first-order valence-corrected chi connectivity index (χ1v) is 13.2. The quantitative estimate of drug-likeness (QED) is 0.316. The number of halogens is 1. The van der Waals surface area contributed by atoms with E-state index in [1.54, 1.807) is 4.90 Å². The smallest absolute Gasteiger partial charge is 0.243 e. The first kappa shape index (κ1) is 26.8. The number of hydrogen-bond acceptors (Lipinski definition) is 3. The molecule has 0 fully saturated rings. The lowest BCUT2D eigenvalue weighted by Gasteiger charge is -2.32. The van der Waals surface area contributed by atoms with Gasteiger partial charge in [0.1, 0.15) is 6.04 Å². The van der Waals surface area contributed by atoms with Gasteiger partial charge in [0.2, 0.25) is 11.8 Å². The average Bonchev–Trinajstić information content (AvgIpc) is 2.85. The van der Waals surface area contributed by atoms with Gasteiger partial charge in [0.15, 0.2) is 0 Å². The summed E-state index contributed by atoms with van der Waals surface area (Å²) >= 11 is 7.94. The fraction of sp³-hybridized carbons (Fsp3) is 0.310. The van der Waals surface area contributed by atoms with E-state index >= 15 is 0 Å². The summed E-state index contributed by atoms with van der Waals surface area (Å²) in [5.41, 5.74) is 2.99. The van der Waals surface area contributed by atoms with Gasteiger partial charge in [-0.25, -0.2) is 0 Å². The molecule has 1 atom stereocenters. The number of nitrogens with zero attached hydrogens (tertiary/aromatic N) is 1. The van der Waals surface area contributed by atoms with Gasteiger partial charge in [-0.3, -0.25) is 9.59 Å². The van der Waals surface area contributed by atoms with Gasteiger partial charge in [-0.05, 0) is 42.2 Å². The fourth-order valence-corrected chi connectivity index (χ4v) is 4.63. The van der Waals surface area contributed by atoms with E-state index in [1.807, 2.05) is 85.8 Å². The molecule has 6 heteroatoms. The average molecular weight is 509 g/mol. The van der Waals surface area contributed by atoms with Crippen LogP contribution in [0.1, 0.15) is 30.5 Å². The van der Waals surface area contributed by atoms with Gasteiger partial charge in [-0.1, -0.05) is 91.7 Å². The SMILES string of the molecule is Cc1ccc(SCC(=O)N(Cc2ccccc2Cl)C(Cc2ccccc2)C(=O)NCC(C)C)cc1. The maximum atomic E-state index is 13.7. The molecule has 0 aliphatic rings. The molecule has 0 aromatic heterocycles. The van der Waals surface area contributed by atoms with Crippen molar-refractivity contribution in [3.05, 3.63) is 101 Å². The van der Waals surface area contributed by atoms with Crippen LogP contribution in [0, 0.1) is 12.8 Å². The summed E-state index contributed by atoms with van der Waals surface area (Å²) in [5, 5.41) is 3.63. The molecule has 3 aromatic carbocycles. The number of thioether (sulfide) groups is 1. The van der Waals surface area contributed by atoms with Crippen molar-refractivity contribution in [3.8, 4) is 0 Å². The van der Waals surface area contributed by atoms with Crippen molar-refractivity contribution >= 4 is 35.2 Å². The topological polar surface area (TPSA) is 49.4 Å². The Morgan fingerprint density at radius 3 is 2.26 bits per heavy atom. The Kier molecular flexibility index (Phi) is 10.2. The Labute approximate surface area is 218 Å². The maximum absolute atomic E-state index is 13.7. The third kappa shape index (κ3) is 8.44. The largest absolute Gasteiger partial charge is 0.354 e. The van der Waals surface area contributed by atoms with Crippen LogP contribution < -0.4 is 5.32 Å². The summed E-state index contributed by atoms with van der Waals surface area (Å²) in [5.74, 6) is 0.288. The van der Waals surface area contributed by atoms with Crippen molar-refractivity contribution in [1.82, 2.24) is 10.2 Å². The van der Waals surface area contributed by atoms with E-state index in [0.717, 1.165) is 16.0 Å². The highest BCUT2D eigenvalue weighted by Crippen LogP contribution is 2.23. The molecule has 3 rings (SSSR count). The summed E-state index contributed by atoms with van der Waals surface area (Å²) in [6, 6.07) is 24.7. The van der Waals surface area contributed by atoms with E-state index in [-0.39, 0.29) is 24.1 Å². The van der Waals surface area contributed by atoms with E-state index in [2.05, 4.69) is 19.2 Å². The molecule has 1 N–H and O–H groups in total. The normalized spacial score (nSPS) is 11.8. The van der Waals surface area contributed by atoms with Crippen LogP contribution in [0.3, 0.4) is 0 Å². The zero-order valence-electron chi connectivity index (χ0n) is 20.5. The first-order chi connectivity index (χ1) is 16.8. The molecule has 2 amide bonds. The monoisotopic (exact) mass is 508 g/mol. The van der Waals surface area contributed by atoms with Crippen molar-refractivity contribution < 1.29 is 9.59 Å². The molecule has 3 aromatic rings. The third-order valence-electron chi connectivity index (χ3n) is 5.64. The van der Waals surface area contributed by atoms with Gasteiger partial charge < -0.3 is 10.2 Å². The summed E-state index contributed by atoms with van der Waals surface area (Å²) in [6.07, 6.45) is 0.427. The summed E-state index contributed by atoms with van der Waals surface area (Å²) in [6.45, 7) is 6.96. The van der Waals surface area contributed by atoms with Gasteiger partial charge in [-0.2, -0.15) is 0 Å². The maximum Gasteiger partial charge on any atom is 0.243 e. The molecule has 0 aliphatic heterocycles. The van der Waals surface area contributed by atoms with Crippen LogP contribution in [0.15, 0.2) is 83.8 Å². The van der Waals surface area contributed by atoms with Crippen LogP contribution in [-0.2, 0) is 22.6 Å². The number of carbonyl (C=O) groups is 2. The van der Waals surface area contributed by atoms with E-state index in [9.17, 15) is 9.59 Å². The molecule has 0 spiro atoms. The van der Waals surface area contributed by atoms with Crippen LogP contribution in [0.5, 0.6) is 0 Å². The van der Waals surface area contributed by atoms with Crippen molar-refractivity contribution in [2.75, 3.05) is 12.3 Å². The van der Waals surface area contributed by atoms with Crippen LogP contribution in [-0.4, -0.2) is 35.1 Å². The standard InChI is InChI=1S/C29H33ClN2O2S/c1-21(2)18-31-29(34)27(17-23-9-5-4-6-10-23)32(19-24-11-7-8-12-26(24)30)28(33)20-35-25-15-13-22(3)14-16-25/h4-16,21,27H,17-20H2,1-3H3,(H,31,34). The molecule has 184 valence electrons. The Bertz CT molecular complexity index is 1100. The molecule has 0 saturated carbocycles. The van der Waals surface area contributed by atoms with Crippen molar-refractivity contribution in [1.29, 1.82) is 0 Å². The molecule has 0 saturated heterocycles. The third-order valence-corrected chi connectivity index (χ3v) is 7.00. The Morgan fingerprint density at radius 1 is 0.943 bits per heavy atom. The number of rotatable bonds is 11. The predicted molar refractivity (Wildman–Crippen MR) is 146 cm³/mol. The molecule has 4 nitrogen and oxygen atoms in total. The van der Waals surface area contributed by atoms with Crippen molar-refractivity contribution in [3.63, 3.8) is 0 Å². The second kappa shape index (κ2) is 13.4. The van der Waals surface area contributed by atoms with Crippen LogP contribution in [0.2, 0.25) is 5.02 Å². The lowest BCUT2D eigenvalue weighted by atomic mass is 10.0. The van der Waals surface area contributed by atoms with Gasteiger partial charge in [0.25, 0.3) is 0 Å². The van der Waals surface area contributed by atoms with E-state index in [0.29, 0.717) is 23.9 Å². The highest BCUT2D eigenvalue weighted by Gasteiger charge is 2.30. The predicted octanol–water partition coefficient (Wildman–Crippen LogP) is 6.15. The summed E-state index contributed by atoms with van der Waals surface area (Å²) < 4.78 is 0. The minimum Gasteiger partial charge on any atom is -0.354 e. The summed E-state index contributed by atoms with van der Waals surface area (Å²) in [7, 11) is 0. The van der Waals surface area contributed by atoms with Gasteiger partial charge in [0, 0.05) is 29.4 Å². The minimum atomic E-state index is -0.654. The number of amides is 2. The second-order valence-electron chi connectivity index (χ2n) is 9.06. The highest BCUT2D eigenvalue weighted by atomic mass is 35.5. The highest BCUT2D eigenvalue weighted by molar-refractivity contribution is 8.00. The molecule has 1 unspecified atom stereocenters. The molecule has 35 heavy (non-hydrogen) atoms. The van der Waals surface area contributed by atoms with Crippen LogP contribution in [0.4, 0.5) is 0 Å². The Balaban J connectivity index is 1.90. The fourth-order valence-electron chi connectivity index (χ4n) is 3.65. The summed E-state index contributed by atoms with van der Waals surface area (Å²) in [4.78, 5) is 29.8. The number of aryl methyl sites for hydroxylation is 1. The minimum absolute atomic E-state index is 0.101. The van der Waals surface area contributed by atoms with E-state index < -0.39 is 6.04 Å². The van der Waals surface area contributed by atoms with E-state index in [4.69, 9.17) is 11.6 Å². The van der Waals surface area contributed by atoms with Crippen LogP contribution >= 0.6 is 23.4 Å². The second-order valence-corrected chi connectivity index (χ2v) is 10.5. The van der Waals surface area contributed by atoms with Gasteiger partial charge in [0.05, 0.1) is 5.75 Å². The molecule has 0 bridgehead atoms. The number of benzene rings is 3. The molecule has 0 radical (unpaired) electrons. The van der Waals surface area contributed by atoms with Crippen molar-refractivity contribution in [2.24, 2.45) is 5.92 Å². The Morgan fingerprint density at radius 2 is 1.60 bits per heavy atom. The lowest BCUT2D eigenvalue weighted by molar-refractivity contribution is -0.139. The number of carbonyl (C=O) groups excluding carboxylic acids is 2. The lowest BCUT2D eigenvalue weighted by Crippen LogP contribution is -2.51. The molecule has 0 aliphatic carbocycles. The molecular formula is C29H33ClN2O2S. The zero-order chi connectivity index (χ0) is 25.2. The molecular weight excluding hydrogens is 476 g/mol. The number of nitrogens with one attached hydrogen (secondary N) is 1. The Hall–Kier alpha value is -2.76. The van der Waals surface area contributed by atoms with Crippen LogP contribution in [0.25, 0.3) is 0 Å². The number of hydrogen-bond donors (Lipinski definition) is 1. The van der Waals surface area contributed by atoms with Gasteiger partial charge in [-0.15, -0.1) is 11.8 Å². The molecule has 0 heterocycles. The van der Waals surface area contributed by atoms with Crippen molar-refractivity contribution in [2.45, 2.75) is 44.7 Å². The van der Waals surface area contributed by atoms with E-state index in [1.165, 1.54) is 17.3 Å².